The van der Waals surface area contributed by atoms with Gasteiger partial charge in [0.15, 0.2) is 0 Å². The number of phenolic OH excluding ortho intramolecular Hbond substituents is 1. The molecule has 0 aromatic heterocycles. The fourth-order valence-electron chi connectivity index (χ4n) is 2.74. The molecule has 0 aliphatic rings. The maximum atomic E-state index is 11.1. The van der Waals surface area contributed by atoms with E-state index in [9.17, 15) is 9.90 Å². The molecule has 1 atom stereocenters. The van der Waals surface area contributed by atoms with Gasteiger partial charge in [-0.25, -0.2) is 0 Å². The molecule has 3 heteroatoms. The van der Waals surface area contributed by atoms with E-state index in [1.165, 1.54) is 0 Å². The summed E-state index contributed by atoms with van der Waals surface area (Å²) in [4.78, 5) is 11.1. The van der Waals surface area contributed by atoms with Crippen LogP contribution in [0.3, 0.4) is 0 Å². The zero-order valence-electron chi connectivity index (χ0n) is 14.9. The molecule has 0 radical (unpaired) electrons. The quantitative estimate of drug-likeness (QED) is 0.827. The average molecular weight is 306 g/mol. The smallest absolute Gasteiger partial charge is 0.303 e. The molecule has 0 aliphatic carbocycles. The van der Waals surface area contributed by atoms with E-state index in [1.54, 1.807) is 0 Å². The maximum Gasteiger partial charge on any atom is 0.303 e. The number of carboxylic acid groups (broad SMARTS) is 1. The van der Waals surface area contributed by atoms with E-state index in [0.717, 1.165) is 23.1 Å². The summed E-state index contributed by atoms with van der Waals surface area (Å²) in [5.41, 5.74) is 2.40. The van der Waals surface area contributed by atoms with E-state index in [0.29, 0.717) is 5.75 Å². The van der Waals surface area contributed by atoms with Crippen molar-refractivity contribution >= 4 is 5.97 Å². The van der Waals surface area contributed by atoms with Gasteiger partial charge in [-0.05, 0) is 39.9 Å². The van der Waals surface area contributed by atoms with E-state index in [4.69, 9.17) is 5.11 Å². The predicted octanol–water partition coefficient (Wildman–Crippen LogP) is 4.96. The lowest BCUT2D eigenvalue weighted by Crippen LogP contribution is -2.19. The van der Waals surface area contributed by atoms with Crippen LogP contribution in [0, 0.1) is 0 Å². The fourth-order valence-corrected chi connectivity index (χ4v) is 2.74. The molecule has 2 N–H and O–H groups in total. The molecule has 1 unspecified atom stereocenters. The molecule has 0 spiro atoms. The normalized spacial score (nSPS) is 14.0. The first-order valence-corrected chi connectivity index (χ1v) is 7.97. The van der Waals surface area contributed by atoms with Crippen molar-refractivity contribution in [2.24, 2.45) is 0 Å². The summed E-state index contributed by atoms with van der Waals surface area (Å²) in [6.07, 6.45) is 0.888. The lowest BCUT2D eigenvalue weighted by molar-refractivity contribution is -0.137. The van der Waals surface area contributed by atoms with E-state index in [1.807, 2.05) is 19.1 Å². The molecular weight excluding hydrogens is 276 g/mol. The topological polar surface area (TPSA) is 57.5 Å². The van der Waals surface area contributed by atoms with Gasteiger partial charge in [-0.15, -0.1) is 0 Å². The zero-order chi connectivity index (χ0) is 17.3. The van der Waals surface area contributed by atoms with Gasteiger partial charge in [0.25, 0.3) is 0 Å². The Labute approximate surface area is 134 Å². The Kier molecular flexibility index (Phi) is 5.32. The average Bonchev–Trinajstić information content (AvgIpc) is 2.33. The Bertz CT molecular complexity index is 510. The maximum absolute atomic E-state index is 11.1. The molecule has 3 nitrogen and oxygen atoms in total. The van der Waals surface area contributed by atoms with Crippen molar-refractivity contribution in [1.29, 1.82) is 0 Å². The number of hydrogen-bond donors (Lipinski definition) is 2. The first kappa shape index (κ1) is 18.5. The van der Waals surface area contributed by atoms with Crippen LogP contribution in [0.1, 0.15) is 83.9 Å². The summed E-state index contributed by atoms with van der Waals surface area (Å²) in [6, 6.07) is 3.98. The Morgan fingerprint density at radius 1 is 1.05 bits per heavy atom. The van der Waals surface area contributed by atoms with E-state index < -0.39 is 5.97 Å². The van der Waals surface area contributed by atoms with Gasteiger partial charge in [0.05, 0.1) is 6.42 Å². The van der Waals surface area contributed by atoms with Crippen LogP contribution in [0.5, 0.6) is 5.75 Å². The third kappa shape index (κ3) is 4.25. The summed E-state index contributed by atoms with van der Waals surface area (Å²) in [5, 5.41) is 19.8. The minimum atomic E-state index is -0.783. The molecule has 124 valence electrons. The number of aromatic hydroxyl groups is 1. The van der Waals surface area contributed by atoms with Crippen LogP contribution in [-0.4, -0.2) is 16.2 Å². The van der Waals surface area contributed by atoms with Gasteiger partial charge >= 0.3 is 5.97 Å². The molecule has 0 heterocycles. The molecular formula is C19H30O3. The summed E-state index contributed by atoms with van der Waals surface area (Å²) in [5.74, 6) is -0.469. The van der Waals surface area contributed by atoms with Gasteiger partial charge in [0, 0.05) is 0 Å². The van der Waals surface area contributed by atoms with Crippen LogP contribution < -0.4 is 0 Å². The first-order chi connectivity index (χ1) is 9.87. The minimum absolute atomic E-state index is 0.0275. The van der Waals surface area contributed by atoms with Crippen molar-refractivity contribution in [1.82, 2.24) is 0 Å². The lowest BCUT2D eigenvalue weighted by Gasteiger charge is -2.29. The van der Waals surface area contributed by atoms with E-state index in [-0.39, 0.29) is 23.2 Å². The van der Waals surface area contributed by atoms with Crippen LogP contribution in [0.2, 0.25) is 0 Å². The van der Waals surface area contributed by atoms with E-state index >= 15 is 0 Å². The molecule has 0 fully saturated rings. The molecule has 1 rings (SSSR count). The minimum Gasteiger partial charge on any atom is -0.507 e. The number of carboxylic acids is 1. The number of carbonyl (C=O) groups is 1. The number of rotatable bonds is 4. The van der Waals surface area contributed by atoms with Crippen molar-refractivity contribution in [2.45, 2.75) is 78.1 Å². The summed E-state index contributed by atoms with van der Waals surface area (Å²) >= 11 is 0. The monoisotopic (exact) mass is 306 g/mol. The van der Waals surface area contributed by atoms with Crippen molar-refractivity contribution in [3.8, 4) is 5.75 Å². The Morgan fingerprint density at radius 3 is 1.73 bits per heavy atom. The van der Waals surface area contributed by atoms with Gasteiger partial charge in [0.2, 0.25) is 0 Å². The van der Waals surface area contributed by atoms with Crippen molar-refractivity contribution in [3.05, 3.63) is 28.8 Å². The lowest BCUT2D eigenvalue weighted by atomic mass is 9.76. The number of phenols is 1. The van der Waals surface area contributed by atoms with Gasteiger partial charge in [-0.2, -0.15) is 0 Å². The molecule has 0 amide bonds. The Morgan fingerprint density at radius 2 is 1.45 bits per heavy atom. The van der Waals surface area contributed by atoms with Crippen LogP contribution in [-0.2, 0) is 15.6 Å². The standard InChI is InChI=1S/C19H30O3/c1-8-12(11-16(20)21)13-9-14(18(2,3)4)17(22)15(10-13)19(5,6)7/h9-10,12,22H,8,11H2,1-7H3,(H,20,21). The zero-order valence-corrected chi connectivity index (χ0v) is 14.9. The molecule has 22 heavy (non-hydrogen) atoms. The molecule has 1 aromatic carbocycles. The molecule has 0 bridgehead atoms. The summed E-state index contributed by atoms with van der Waals surface area (Å²) in [7, 11) is 0. The van der Waals surface area contributed by atoms with Crippen LogP contribution in [0.15, 0.2) is 12.1 Å². The first-order valence-electron chi connectivity index (χ1n) is 7.97. The molecule has 1 aromatic rings. The Balaban J connectivity index is 3.56. The van der Waals surface area contributed by atoms with Crippen molar-refractivity contribution in [3.63, 3.8) is 0 Å². The molecule has 0 aliphatic heterocycles. The second kappa shape index (κ2) is 6.31. The molecule has 0 saturated carbocycles. The number of hydrogen-bond acceptors (Lipinski definition) is 2. The number of benzene rings is 1. The second-order valence-electron chi connectivity index (χ2n) is 8.17. The number of aliphatic carboxylic acids is 1. The third-order valence-corrected chi connectivity index (χ3v) is 4.13. The van der Waals surface area contributed by atoms with Gasteiger partial charge in [0.1, 0.15) is 5.75 Å². The van der Waals surface area contributed by atoms with E-state index in [2.05, 4.69) is 41.5 Å². The summed E-state index contributed by atoms with van der Waals surface area (Å²) < 4.78 is 0. The second-order valence-corrected chi connectivity index (χ2v) is 8.17. The van der Waals surface area contributed by atoms with Gasteiger partial charge < -0.3 is 10.2 Å². The van der Waals surface area contributed by atoms with Crippen LogP contribution in [0.4, 0.5) is 0 Å². The highest BCUT2D eigenvalue weighted by Crippen LogP contribution is 2.41. The third-order valence-electron chi connectivity index (χ3n) is 4.13. The van der Waals surface area contributed by atoms with Crippen LogP contribution >= 0.6 is 0 Å². The highest BCUT2D eigenvalue weighted by Gasteiger charge is 2.28. The molecule has 0 saturated heterocycles. The van der Waals surface area contributed by atoms with Gasteiger partial charge in [-0.1, -0.05) is 60.6 Å². The Hall–Kier alpha value is -1.51. The summed E-state index contributed by atoms with van der Waals surface area (Å²) in [6.45, 7) is 14.4. The largest absolute Gasteiger partial charge is 0.507 e. The van der Waals surface area contributed by atoms with Crippen molar-refractivity contribution < 1.29 is 15.0 Å². The SMILES string of the molecule is CCC(CC(=O)O)c1cc(C(C)(C)C)c(O)c(C(C)(C)C)c1. The predicted molar refractivity (Wildman–Crippen MR) is 90.8 cm³/mol. The van der Waals surface area contributed by atoms with Crippen molar-refractivity contribution in [2.75, 3.05) is 0 Å². The highest BCUT2D eigenvalue weighted by molar-refractivity contribution is 5.68. The van der Waals surface area contributed by atoms with Gasteiger partial charge in [-0.3, -0.25) is 4.79 Å². The highest BCUT2D eigenvalue weighted by atomic mass is 16.4. The fraction of sp³-hybridized carbons (Fsp3) is 0.632. The van der Waals surface area contributed by atoms with Crippen LogP contribution in [0.25, 0.3) is 0 Å².